The Morgan fingerprint density at radius 3 is 2.90 bits per heavy atom. The minimum absolute atomic E-state index is 0.134. The van der Waals surface area contributed by atoms with Crippen LogP contribution in [0.5, 0.6) is 5.75 Å². The smallest absolute Gasteiger partial charge is 0.255 e. The van der Waals surface area contributed by atoms with Crippen molar-refractivity contribution in [3.05, 3.63) is 23.8 Å². The molecule has 1 atom stereocenters. The van der Waals surface area contributed by atoms with Crippen molar-refractivity contribution in [1.29, 1.82) is 0 Å². The lowest BCUT2D eigenvalue weighted by atomic mass is 10.1. The number of rotatable bonds is 5. The number of hydrogen-bond acceptors (Lipinski definition) is 4. The Hall–Kier alpha value is -2.24. The number of carbonyl (C=O) groups excluding carboxylic acids is 2. The van der Waals surface area contributed by atoms with Crippen LogP contribution >= 0.6 is 0 Å². The summed E-state index contributed by atoms with van der Waals surface area (Å²) >= 11 is 0. The molecule has 6 nitrogen and oxygen atoms in total. The fourth-order valence-electron chi connectivity index (χ4n) is 2.48. The van der Waals surface area contributed by atoms with Crippen molar-refractivity contribution >= 4 is 17.5 Å². The van der Waals surface area contributed by atoms with E-state index in [-0.39, 0.29) is 17.9 Å². The third-order valence-corrected chi connectivity index (χ3v) is 3.51. The first-order valence-corrected chi connectivity index (χ1v) is 7.03. The maximum Gasteiger partial charge on any atom is 0.255 e. The molecule has 1 aliphatic heterocycles. The number of nitrogen functional groups attached to an aromatic ring is 1. The van der Waals surface area contributed by atoms with Gasteiger partial charge in [0.05, 0.1) is 12.7 Å². The van der Waals surface area contributed by atoms with Gasteiger partial charge in [0, 0.05) is 31.2 Å². The highest BCUT2D eigenvalue weighted by atomic mass is 16.5. The van der Waals surface area contributed by atoms with Gasteiger partial charge < -0.3 is 20.7 Å². The predicted octanol–water partition coefficient (Wildman–Crippen LogP) is 1.02. The molecule has 0 spiro atoms. The number of likely N-dealkylation sites (tertiary alicyclic amines) is 1. The van der Waals surface area contributed by atoms with Crippen molar-refractivity contribution in [1.82, 2.24) is 10.2 Å². The van der Waals surface area contributed by atoms with E-state index in [9.17, 15) is 9.59 Å². The summed E-state index contributed by atoms with van der Waals surface area (Å²) in [5, 5.41) is 2.88. The first-order chi connectivity index (χ1) is 10.0. The van der Waals surface area contributed by atoms with Crippen molar-refractivity contribution in [3.8, 4) is 5.75 Å². The highest BCUT2D eigenvalue weighted by molar-refractivity contribution is 5.98. The number of ether oxygens (including phenoxy) is 1. The Balaban J connectivity index is 2.00. The normalized spacial score (nSPS) is 15.9. The summed E-state index contributed by atoms with van der Waals surface area (Å²) in [5.74, 6) is 0.377. The lowest BCUT2D eigenvalue weighted by Crippen LogP contribution is -2.42. The molecule has 1 fully saturated rings. The number of nitrogens with two attached hydrogens (primary N) is 1. The van der Waals surface area contributed by atoms with Crippen LogP contribution in [0.15, 0.2) is 18.2 Å². The standard InChI is InChI=1S/C15H21N3O3/c1-10(9-18-7-3-4-14(18)19)17-15(20)12-8-11(16)5-6-13(12)21-2/h5-6,8,10H,3-4,7,9,16H2,1-2H3,(H,17,20). The van der Waals surface area contributed by atoms with Gasteiger partial charge in [-0.15, -0.1) is 0 Å². The molecule has 21 heavy (non-hydrogen) atoms. The van der Waals surface area contributed by atoms with Gasteiger partial charge in [-0.1, -0.05) is 0 Å². The van der Waals surface area contributed by atoms with Crippen molar-refractivity contribution < 1.29 is 14.3 Å². The van der Waals surface area contributed by atoms with Crippen LogP contribution in [0.1, 0.15) is 30.1 Å². The maximum absolute atomic E-state index is 12.3. The van der Waals surface area contributed by atoms with E-state index in [2.05, 4.69) is 5.32 Å². The molecule has 1 saturated heterocycles. The van der Waals surface area contributed by atoms with Gasteiger partial charge in [-0.25, -0.2) is 0 Å². The molecular weight excluding hydrogens is 270 g/mol. The summed E-state index contributed by atoms with van der Waals surface area (Å²) in [6.45, 7) is 3.16. The van der Waals surface area contributed by atoms with E-state index in [1.165, 1.54) is 7.11 Å². The summed E-state index contributed by atoms with van der Waals surface area (Å²) in [7, 11) is 1.51. The van der Waals surface area contributed by atoms with Gasteiger partial charge in [0.25, 0.3) is 5.91 Å². The second-order valence-electron chi connectivity index (χ2n) is 5.28. The van der Waals surface area contributed by atoms with Gasteiger partial charge in [-0.2, -0.15) is 0 Å². The number of amides is 2. The van der Waals surface area contributed by atoms with E-state index < -0.39 is 0 Å². The predicted molar refractivity (Wildman–Crippen MR) is 80.1 cm³/mol. The first-order valence-electron chi connectivity index (χ1n) is 7.03. The fraction of sp³-hybridized carbons (Fsp3) is 0.467. The highest BCUT2D eigenvalue weighted by Crippen LogP contribution is 2.21. The number of methoxy groups -OCH3 is 1. The average Bonchev–Trinajstić information content (AvgIpc) is 2.84. The SMILES string of the molecule is COc1ccc(N)cc1C(=O)NC(C)CN1CCCC1=O. The van der Waals surface area contributed by atoms with Gasteiger partial charge in [0.15, 0.2) is 0 Å². The Morgan fingerprint density at radius 2 is 2.29 bits per heavy atom. The number of nitrogens with zero attached hydrogens (tertiary/aromatic N) is 1. The summed E-state index contributed by atoms with van der Waals surface area (Å²) < 4.78 is 5.17. The molecule has 1 heterocycles. The monoisotopic (exact) mass is 291 g/mol. The molecule has 0 radical (unpaired) electrons. The molecule has 1 aromatic rings. The number of benzene rings is 1. The van der Waals surface area contributed by atoms with Gasteiger partial charge in [-0.05, 0) is 31.5 Å². The summed E-state index contributed by atoms with van der Waals surface area (Å²) in [5.41, 5.74) is 6.62. The highest BCUT2D eigenvalue weighted by Gasteiger charge is 2.23. The Labute approximate surface area is 124 Å². The van der Waals surface area contributed by atoms with E-state index in [4.69, 9.17) is 10.5 Å². The van der Waals surface area contributed by atoms with Crippen molar-refractivity contribution in [2.75, 3.05) is 25.9 Å². The lowest BCUT2D eigenvalue weighted by Gasteiger charge is -2.22. The first kappa shape index (κ1) is 15.2. The molecular formula is C15H21N3O3. The molecule has 3 N–H and O–H groups in total. The lowest BCUT2D eigenvalue weighted by molar-refractivity contribution is -0.127. The zero-order chi connectivity index (χ0) is 15.4. The van der Waals surface area contributed by atoms with E-state index >= 15 is 0 Å². The van der Waals surface area contributed by atoms with Crippen LogP contribution in [0.25, 0.3) is 0 Å². The van der Waals surface area contributed by atoms with Crippen molar-refractivity contribution in [2.24, 2.45) is 0 Å². The Morgan fingerprint density at radius 1 is 1.52 bits per heavy atom. The van der Waals surface area contributed by atoms with Crippen LogP contribution in [-0.2, 0) is 4.79 Å². The summed E-state index contributed by atoms with van der Waals surface area (Å²) in [6, 6.07) is 4.80. The number of anilines is 1. The topological polar surface area (TPSA) is 84.7 Å². The second kappa shape index (κ2) is 6.47. The molecule has 2 rings (SSSR count). The minimum atomic E-state index is -0.252. The van der Waals surface area contributed by atoms with Crippen LogP contribution in [0.2, 0.25) is 0 Å². The Kier molecular flexibility index (Phi) is 4.67. The molecule has 114 valence electrons. The van der Waals surface area contributed by atoms with Crippen molar-refractivity contribution in [2.45, 2.75) is 25.8 Å². The van der Waals surface area contributed by atoms with Gasteiger partial charge in [0.1, 0.15) is 5.75 Å². The number of nitrogens with one attached hydrogen (secondary N) is 1. The zero-order valence-electron chi connectivity index (χ0n) is 12.4. The molecule has 1 aromatic carbocycles. The average molecular weight is 291 g/mol. The van der Waals surface area contributed by atoms with E-state index in [0.717, 1.165) is 13.0 Å². The van der Waals surface area contributed by atoms with Crippen LogP contribution in [0.3, 0.4) is 0 Å². The molecule has 0 bridgehead atoms. The summed E-state index contributed by atoms with van der Waals surface area (Å²) in [6.07, 6.45) is 1.49. The second-order valence-corrected chi connectivity index (χ2v) is 5.28. The quantitative estimate of drug-likeness (QED) is 0.793. The largest absolute Gasteiger partial charge is 0.496 e. The van der Waals surface area contributed by atoms with Gasteiger partial charge in [-0.3, -0.25) is 9.59 Å². The third-order valence-electron chi connectivity index (χ3n) is 3.51. The number of hydrogen-bond donors (Lipinski definition) is 2. The van der Waals surface area contributed by atoms with Crippen LogP contribution in [0, 0.1) is 0 Å². The van der Waals surface area contributed by atoms with E-state index in [1.54, 1.807) is 23.1 Å². The van der Waals surface area contributed by atoms with Gasteiger partial charge >= 0.3 is 0 Å². The number of carbonyl (C=O) groups is 2. The maximum atomic E-state index is 12.3. The molecule has 0 aliphatic carbocycles. The van der Waals surface area contributed by atoms with Crippen LogP contribution in [0.4, 0.5) is 5.69 Å². The molecule has 0 saturated carbocycles. The summed E-state index contributed by atoms with van der Waals surface area (Å²) in [4.78, 5) is 25.7. The van der Waals surface area contributed by atoms with Crippen molar-refractivity contribution in [3.63, 3.8) is 0 Å². The minimum Gasteiger partial charge on any atom is -0.496 e. The van der Waals surface area contributed by atoms with E-state index in [1.807, 2.05) is 6.92 Å². The molecule has 1 aliphatic rings. The Bertz CT molecular complexity index is 545. The zero-order valence-corrected chi connectivity index (χ0v) is 12.4. The molecule has 1 unspecified atom stereocenters. The molecule has 0 aromatic heterocycles. The molecule has 6 heteroatoms. The van der Waals surface area contributed by atoms with Crippen LogP contribution in [-0.4, -0.2) is 43.0 Å². The fourth-order valence-corrected chi connectivity index (χ4v) is 2.48. The third kappa shape index (κ3) is 3.65. The van der Waals surface area contributed by atoms with Crippen LogP contribution < -0.4 is 15.8 Å². The molecule has 2 amide bonds. The van der Waals surface area contributed by atoms with Gasteiger partial charge in [0.2, 0.25) is 5.91 Å². The van der Waals surface area contributed by atoms with E-state index in [0.29, 0.717) is 30.0 Å².